The highest BCUT2D eigenvalue weighted by molar-refractivity contribution is 7.25. The molecule has 1 aliphatic carbocycles. The first-order valence-corrected chi connectivity index (χ1v) is 24.9. The van der Waals surface area contributed by atoms with Gasteiger partial charge in [-0.25, -0.2) is 0 Å². The molecule has 4 aromatic heterocycles. The van der Waals surface area contributed by atoms with E-state index in [4.69, 9.17) is 8.83 Å². The molecule has 0 spiro atoms. The third kappa shape index (κ3) is 5.73. The van der Waals surface area contributed by atoms with E-state index in [1.54, 1.807) is 0 Å². The van der Waals surface area contributed by atoms with Gasteiger partial charge in [0.05, 0.1) is 5.52 Å². The molecule has 1 radical (unpaired) electrons. The number of furan rings is 2. The summed E-state index contributed by atoms with van der Waals surface area (Å²) in [5, 5.41) is 12.4. The molecule has 4 nitrogen and oxygen atoms in total. The van der Waals surface area contributed by atoms with E-state index in [1.807, 2.05) is 11.3 Å². The molecule has 0 amide bonds. The zero-order valence-corrected chi connectivity index (χ0v) is 40.3. The van der Waals surface area contributed by atoms with Crippen molar-refractivity contribution in [2.45, 2.75) is 77.6 Å². The van der Waals surface area contributed by atoms with Crippen molar-refractivity contribution in [1.82, 2.24) is 4.57 Å². The maximum absolute atomic E-state index is 7.34. The average molecular weight is 898 g/mol. The van der Waals surface area contributed by atoms with E-state index in [9.17, 15) is 0 Å². The van der Waals surface area contributed by atoms with Crippen LogP contribution in [0.25, 0.3) is 103 Å². The molecule has 0 unspecified atom stereocenters. The largest absolute Gasteiger partial charge is 0.456 e. The summed E-state index contributed by atoms with van der Waals surface area (Å²) >= 11 is 1.85. The van der Waals surface area contributed by atoms with E-state index in [2.05, 4.69) is 211 Å². The molecule has 8 aromatic carbocycles. The summed E-state index contributed by atoms with van der Waals surface area (Å²) < 4.78 is 19.2. The summed E-state index contributed by atoms with van der Waals surface area (Å²) in [6.45, 7) is 16.6. The van der Waals surface area contributed by atoms with E-state index < -0.39 is 0 Å². The number of fused-ring (bicyclic) bond motifs is 14. The van der Waals surface area contributed by atoms with Crippen LogP contribution in [-0.2, 0) is 16.2 Å². The molecule has 329 valence electrons. The third-order valence-corrected chi connectivity index (χ3v) is 16.8. The van der Waals surface area contributed by atoms with Crippen LogP contribution < -0.4 is 16.2 Å². The fraction of sp³-hybridized carbons (Fsp3) is 0.194. The maximum atomic E-state index is 7.34. The van der Waals surface area contributed by atoms with Gasteiger partial charge in [0.1, 0.15) is 22.5 Å². The summed E-state index contributed by atoms with van der Waals surface area (Å²) in [5.74, 6) is 0.869. The second-order valence-electron chi connectivity index (χ2n) is 21.8. The van der Waals surface area contributed by atoms with Crippen molar-refractivity contribution in [2.75, 3.05) is 5.32 Å². The van der Waals surface area contributed by atoms with Crippen LogP contribution >= 0.6 is 11.3 Å². The molecule has 6 heteroatoms. The first-order valence-electron chi connectivity index (χ1n) is 24.1. The van der Waals surface area contributed by atoms with Crippen molar-refractivity contribution in [3.63, 3.8) is 0 Å². The predicted octanol–water partition coefficient (Wildman–Crippen LogP) is 16.5. The Bertz CT molecular complexity index is 4120. The van der Waals surface area contributed by atoms with Gasteiger partial charge in [0, 0.05) is 92.4 Å². The van der Waals surface area contributed by atoms with Crippen molar-refractivity contribution >= 4 is 116 Å². The highest BCUT2D eigenvalue weighted by Gasteiger charge is 2.40. The molecule has 68 heavy (non-hydrogen) atoms. The molecule has 5 heterocycles. The van der Waals surface area contributed by atoms with Crippen LogP contribution in [0.1, 0.15) is 78.0 Å². The fourth-order valence-electron chi connectivity index (χ4n) is 11.8. The third-order valence-electron chi connectivity index (χ3n) is 15.6. The molecular weight excluding hydrogens is 848 g/mol. The topological polar surface area (TPSA) is 43.2 Å². The number of hydrogen-bond acceptors (Lipinski definition) is 4. The molecular formula is C62H50BN2O2S. The number of para-hydroxylation sites is 1. The standard InChI is InChI=1S/C62H50BN2O2S/c1-60(2,3)36-21-23-37(24-22-36)64-46-32-53-40(38-17-12-14-20-52(38)68-53)29-41(46)56-57-58-54(55-39-18-11-13-19-49(39)67-59(55)56)42-30-43-44(62(6,7)26-25-61(43,4)5)31-47(42)65(58)48-33-51-35(27-45(48)63-57)28-50(66-51)34-15-9-8-10-16-34/h8-24,27-33,64H,25-26H2,1-7H3. The summed E-state index contributed by atoms with van der Waals surface area (Å²) in [7, 11) is 2.44. The lowest BCUT2D eigenvalue weighted by atomic mass is 9.58. The first-order chi connectivity index (χ1) is 32.8. The highest BCUT2D eigenvalue weighted by Crippen LogP contribution is 2.52. The zero-order chi connectivity index (χ0) is 46.0. The number of hydrogen-bond donors (Lipinski definition) is 1. The first kappa shape index (κ1) is 40.1. The van der Waals surface area contributed by atoms with Crippen LogP contribution in [0.3, 0.4) is 0 Å². The predicted molar refractivity (Wildman–Crippen MR) is 290 cm³/mol. The Balaban J connectivity index is 1.15. The van der Waals surface area contributed by atoms with Crippen LogP contribution in [0.2, 0.25) is 0 Å². The number of anilines is 2. The van der Waals surface area contributed by atoms with Gasteiger partial charge in [-0.15, -0.1) is 11.3 Å². The SMILES string of the molecule is CC(C)(C)c1ccc(Nc2cc3sc4ccccc4c3cc2-c2c3c4c(c5cc6c(cc5n4-c4cc5oc(-c7ccccc7)cc5cc4[B]3)C(C)(C)CCC6(C)C)c3c2oc2ccccc23)cc1. The minimum Gasteiger partial charge on any atom is -0.456 e. The fourth-order valence-corrected chi connectivity index (χ4v) is 12.9. The molecule has 0 atom stereocenters. The van der Waals surface area contributed by atoms with Gasteiger partial charge in [-0.3, -0.25) is 0 Å². The lowest BCUT2D eigenvalue weighted by molar-refractivity contribution is 0.332. The van der Waals surface area contributed by atoms with Gasteiger partial charge in [0.2, 0.25) is 0 Å². The van der Waals surface area contributed by atoms with Crippen molar-refractivity contribution < 1.29 is 8.83 Å². The average Bonchev–Trinajstić information content (AvgIpc) is 4.10. The zero-order valence-electron chi connectivity index (χ0n) is 39.5. The van der Waals surface area contributed by atoms with Crippen LogP contribution in [-0.4, -0.2) is 11.8 Å². The minimum atomic E-state index is 0.0188. The van der Waals surface area contributed by atoms with Crippen LogP contribution in [0.5, 0.6) is 0 Å². The second-order valence-corrected chi connectivity index (χ2v) is 22.9. The molecule has 0 bridgehead atoms. The summed E-state index contributed by atoms with van der Waals surface area (Å²) in [6, 6.07) is 53.7. The summed E-state index contributed by atoms with van der Waals surface area (Å²) in [6.07, 6.45) is 2.28. The number of rotatable bonds is 4. The minimum absolute atomic E-state index is 0.0188. The van der Waals surface area contributed by atoms with E-state index in [0.717, 1.165) is 96.2 Å². The Morgan fingerprint density at radius 3 is 2.13 bits per heavy atom. The van der Waals surface area contributed by atoms with Crippen LogP contribution in [0, 0.1) is 0 Å². The highest BCUT2D eigenvalue weighted by atomic mass is 32.1. The number of benzene rings is 8. The molecule has 1 aliphatic heterocycles. The van der Waals surface area contributed by atoms with Crippen molar-refractivity contribution in [1.29, 1.82) is 0 Å². The normalized spacial score (nSPS) is 15.2. The van der Waals surface area contributed by atoms with Gasteiger partial charge in [-0.2, -0.15) is 0 Å². The summed E-state index contributed by atoms with van der Waals surface area (Å²) in [4.78, 5) is 0. The van der Waals surface area contributed by atoms with Gasteiger partial charge in [0.25, 0.3) is 0 Å². The molecule has 2 aliphatic rings. The van der Waals surface area contributed by atoms with Crippen molar-refractivity contribution in [3.05, 3.63) is 162 Å². The molecule has 12 aromatic rings. The van der Waals surface area contributed by atoms with E-state index >= 15 is 0 Å². The molecule has 0 saturated heterocycles. The lowest BCUT2D eigenvalue weighted by Gasteiger charge is -2.42. The van der Waals surface area contributed by atoms with Gasteiger partial charge in [-0.1, -0.05) is 139 Å². The van der Waals surface area contributed by atoms with Gasteiger partial charge < -0.3 is 18.7 Å². The van der Waals surface area contributed by atoms with E-state index in [1.165, 1.54) is 58.7 Å². The number of thiophene rings is 1. The van der Waals surface area contributed by atoms with Crippen LogP contribution in [0.4, 0.5) is 11.4 Å². The Morgan fingerprint density at radius 2 is 1.35 bits per heavy atom. The number of nitrogens with one attached hydrogen (secondary N) is 1. The van der Waals surface area contributed by atoms with Gasteiger partial charge >= 0.3 is 0 Å². The summed E-state index contributed by atoms with van der Waals surface area (Å²) in [5.41, 5.74) is 18.2. The molecule has 14 rings (SSSR count). The van der Waals surface area contributed by atoms with E-state index in [-0.39, 0.29) is 16.2 Å². The Hall–Kier alpha value is -7.02. The Morgan fingerprint density at radius 1 is 0.632 bits per heavy atom. The van der Waals surface area contributed by atoms with Crippen molar-refractivity contribution in [3.8, 4) is 28.1 Å². The van der Waals surface area contributed by atoms with E-state index in [0.29, 0.717) is 0 Å². The maximum Gasteiger partial charge on any atom is 0.198 e. The smallest absolute Gasteiger partial charge is 0.198 e. The monoisotopic (exact) mass is 897 g/mol. The quantitative estimate of drug-likeness (QED) is 0.179. The number of aromatic nitrogens is 1. The van der Waals surface area contributed by atoms with Crippen molar-refractivity contribution in [2.24, 2.45) is 0 Å². The Labute approximate surface area is 400 Å². The van der Waals surface area contributed by atoms with Gasteiger partial charge in [0.15, 0.2) is 7.28 Å². The van der Waals surface area contributed by atoms with Gasteiger partial charge in [-0.05, 0) is 106 Å². The second kappa shape index (κ2) is 13.8. The molecule has 0 saturated carbocycles. The molecule has 1 N–H and O–H groups in total. The lowest BCUT2D eigenvalue weighted by Crippen LogP contribution is -2.37. The van der Waals surface area contributed by atoms with Crippen LogP contribution in [0.15, 0.2) is 154 Å². The molecule has 0 fully saturated rings. The number of nitrogens with zero attached hydrogens (tertiary/aromatic N) is 1. The Kier molecular flexibility index (Phi) is 8.13.